The first-order chi connectivity index (χ1) is 15.2. The summed E-state index contributed by atoms with van der Waals surface area (Å²) >= 11 is 1.11. The molecule has 0 saturated heterocycles. The number of amides is 1. The van der Waals surface area contributed by atoms with Gasteiger partial charge >= 0.3 is 0 Å². The van der Waals surface area contributed by atoms with Crippen molar-refractivity contribution in [3.63, 3.8) is 0 Å². The molecular weight excluding hydrogens is 438 g/mol. The summed E-state index contributed by atoms with van der Waals surface area (Å²) in [5.41, 5.74) is 0.457. The molecule has 1 aliphatic heterocycles. The van der Waals surface area contributed by atoms with Crippen molar-refractivity contribution in [2.24, 2.45) is 5.16 Å². The van der Waals surface area contributed by atoms with Gasteiger partial charge in [0.1, 0.15) is 23.1 Å². The molecule has 0 radical (unpaired) electrons. The Hall–Kier alpha value is -3.59. The number of Topliss-reactive ketones (excluding diaryl/α,β-unsaturated/α-hetero) is 1. The Bertz CT molecular complexity index is 1250. The molecule has 0 saturated carbocycles. The highest BCUT2D eigenvalue weighted by molar-refractivity contribution is 7.12. The molecule has 6 nitrogen and oxygen atoms in total. The summed E-state index contributed by atoms with van der Waals surface area (Å²) in [6.45, 7) is 3.27. The van der Waals surface area contributed by atoms with Crippen LogP contribution in [0.25, 0.3) is 11.1 Å². The van der Waals surface area contributed by atoms with Crippen molar-refractivity contribution < 1.29 is 27.9 Å². The molecule has 1 amide bonds. The number of benzene rings is 2. The largest absolute Gasteiger partial charge is 0.496 e. The Morgan fingerprint density at radius 3 is 2.47 bits per heavy atom. The molecule has 164 valence electrons. The summed E-state index contributed by atoms with van der Waals surface area (Å²) in [6.07, 6.45) is 0. The third-order valence-corrected chi connectivity index (χ3v) is 5.86. The van der Waals surface area contributed by atoms with Crippen LogP contribution in [0.5, 0.6) is 5.75 Å². The summed E-state index contributed by atoms with van der Waals surface area (Å²) in [6, 6.07) is 10.0. The lowest BCUT2D eigenvalue weighted by Gasteiger charge is -2.12. The van der Waals surface area contributed by atoms with E-state index < -0.39 is 28.8 Å². The van der Waals surface area contributed by atoms with E-state index in [2.05, 4.69) is 10.5 Å². The molecule has 32 heavy (non-hydrogen) atoms. The minimum Gasteiger partial charge on any atom is -0.496 e. The van der Waals surface area contributed by atoms with Gasteiger partial charge in [-0.15, -0.1) is 11.3 Å². The highest BCUT2D eigenvalue weighted by Crippen LogP contribution is 2.35. The lowest BCUT2D eigenvalue weighted by Crippen LogP contribution is -2.33. The first kappa shape index (κ1) is 21.6. The van der Waals surface area contributed by atoms with Crippen LogP contribution in [0.15, 0.2) is 53.0 Å². The number of nitrogens with zero attached hydrogens (tertiary/aromatic N) is 1. The molecule has 1 aliphatic rings. The average molecular weight is 456 g/mol. The van der Waals surface area contributed by atoms with E-state index in [0.717, 1.165) is 23.5 Å². The predicted octanol–water partition coefficient (Wildman–Crippen LogP) is 5.04. The van der Waals surface area contributed by atoms with Crippen LogP contribution in [0.2, 0.25) is 0 Å². The third-order valence-electron chi connectivity index (χ3n) is 4.94. The molecule has 4 rings (SSSR count). The molecular formula is C23H18F2N2O4S. The van der Waals surface area contributed by atoms with Crippen LogP contribution in [0.3, 0.4) is 0 Å². The van der Waals surface area contributed by atoms with Crippen LogP contribution in [0, 0.1) is 11.6 Å². The molecule has 1 aromatic heterocycles. The Balaban J connectivity index is 1.65. The fourth-order valence-electron chi connectivity index (χ4n) is 3.18. The topological polar surface area (TPSA) is 77.0 Å². The average Bonchev–Trinajstić information content (AvgIpc) is 3.36. The Labute approximate surface area is 186 Å². The van der Waals surface area contributed by atoms with Gasteiger partial charge in [-0.05, 0) is 61.2 Å². The second-order valence-corrected chi connectivity index (χ2v) is 8.45. The lowest BCUT2D eigenvalue weighted by molar-refractivity contribution is -0.128. The standard InChI is InChI=1S/C23H18F2N2O4S/c1-23(2)21(28)19(27-31-23)12-7-8-17(30-3)14(9-12)13-10-18(32-11-13)22(29)26-20-15(24)5-4-6-16(20)25/h4-11H,1-3H3,(H,26,29). The molecule has 3 aromatic rings. The summed E-state index contributed by atoms with van der Waals surface area (Å²) in [5.74, 6) is -2.10. The van der Waals surface area contributed by atoms with E-state index >= 15 is 0 Å². The number of halogens is 2. The van der Waals surface area contributed by atoms with Crippen molar-refractivity contribution >= 4 is 34.4 Å². The van der Waals surface area contributed by atoms with Gasteiger partial charge in [0.15, 0.2) is 11.3 Å². The van der Waals surface area contributed by atoms with Crippen LogP contribution < -0.4 is 10.1 Å². The number of rotatable bonds is 5. The van der Waals surface area contributed by atoms with E-state index in [1.807, 2.05) is 0 Å². The smallest absolute Gasteiger partial charge is 0.265 e. The number of methoxy groups -OCH3 is 1. The van der Waals surface area contributed by atoms with E-state index in [1.54, 1.807) is 43.5 Å². The maximum absolute atomic E-state index is 13.9. The SMILES string of the molecule is COc1ccc(C2=NOC(C)(C)C2=O)cc1-c1csc(C(=O)Nc2c(F)cccc2F)c1. The monoisotopic (exact) mass is 456 g/mol. The van der Waals surface area contributed by atoms with E-state index in [9.17, 15) is 18.4 Å². The van der Waals surface area contributed by atoms with Crippen molar-refractivity contribution in [2.45, 2.75) is 19.4 Å². The van der Waals surface area contributed by atoms with Crippen LogP contribution in [-0.4, -0.2) is 30.1 Å². The zero-order valence-electron chi connectivity index (χ0n) is 17.4. The molecule has 2 aromatic carbocycles. The molecule has 2 heterocycles. The number of ketones is 1. The number of hydrogen-bond donors (Lipinski definition) is 1. The van der Waals surface area contributed by atoms with Crippen LogP contribution in [-0.2, 0) is 9.63 Å². The highest BCUT2D eigenvalue weighted by Gasteiger charge is 2.40. The summed E-state index contributed by atoms with van der Waals surface area (Å²) in [4.78, 5) is 30.6. The number of anilines is 1. The number of nitrogens with one attached hydrogen (secondary N) is 1. The zero-order chi connectivity index (χ0) is 23.0. The number of oxime groups is 1. The number of ether oxygens (including phenoxy) is 1. The first-order valence-electron chi connectivity index (χ1n) is 9.55. The Morgan fingerprint density at radius 2 is 1.84 bits per heavy atom. The number of thiophene rings is 1. The van der Waals surface area contributed by atoms with E-state index in [4.69, 9.17) is 9.57 Å². The number of carbonyl (C=O) groups excluding carboxylic acids is 2. The Kier molecular flexibility index (Phi) is 5.52. The van der Waals surface area contributed by atoms with Gasteiger partial charge in [-0.2, -0.15) is 0 Å². The van der Waals surface area contributed by atoms with E-state index in [-0.39, 0.29) is 16.4 Å². The van der Waals surface area contributed by atoms with Crippen molar-refractivity contribution in [1.82, 2.24) is 0 Å². The van der Waals surface area contributed by atoms with E-state index in [1.165, 1.54) is 13.2 Å². The maximum atomic E-state index is 13.9. The number of hydrogen-bond acceptors (Lipinski definition) is 6. The molecule has 1 N–H and O–H groups in total. The van der Waals surface area contributed by atoms with Gasteiger partial charge in [0.05, 0.1) is 12.0 Å². The lowest BCUT2D eigenvalue weighted by atomic mass is 9.94. The van der Waals surface area contributed by atoms with Gasteiger partial charge in [-0.3, -0.25) is 9.59 Å². The van der Waals surface area contributed by atoms with Gasteiger partial charge in [0.25, 0.3) is 5.91 Å². The van der Waals surface area contributed by atoms with Crippen molar-refractivity contribution in [2.75, 3.05) is 12.4 Å². The summed E-state index contributed by atoms with van der Waals surface area (Å²) in [7, 11) is 1.50. The third kappa shape index (κ3) is 3.87. The van der Waals surface area contributed by atoms with Gasteiger partial charge in [0, 0.05) is 11.1 Å². The normalized spacial score (nSPS) is 14.7. The van der Waals surface area contributed by atoms with Crippen LogP contribution in [0.4, 0.5) is 14.5 Å². The highest BCUT2D eigenvalue weighted by atomic mass is 32.1. The molecule has 0 fully saturated rings. The molecule has 0 bridgehead atoms. The molecule has 0 spiro atoms. The zero-order valence-corrected chi connectivity index (χ0v) is 18.2. The molecule has 0 atom stereocenters. The van der Waals surface area contributed by atoms with Gasteiger partial charge in [-0.25, -0.2) is 8.78 Å². The second kappa shape index (κ2) is 8.16. The van der Waals surface area contributed by atoms with Crippen LogP contribution in [0.1, 0.15) is 29.1 Å². The van der Waals surface area contributed by atoms with Gasteiger partial charge in [-0.1, -0.05) is 11.2 Å². The number of carbonyl (C=O) groups is 2. The summed E-state index contributed by atoms with van der Waals surface area (Å²) < 4.78 is 33.1. The minimum absolute atomic E-state index is 0.196. The molecule has 0 aliphatic carbocycles. The number of para-hydroxylation sites is 1. The first-order valence-corrected chi connectivity index (χ1v) is 10.4. The molecule has 0 unspecified atom stereocenters. The van der Waals surface area contributed by atoms with Crippen LogP contribution >= 0.6 is 11.3 Å². The summed E-state index contributed by atoms with van der Waals surface area (Å²) in [5, 5.41) is 7.90. The second-order valence-electron chi connectivity index (χ2n) is 7.54. The van der Waals surface area contributed by atoms with Gasteiger partial charge < -0.3 is 14.9 Å². The van der Waals surface area contributed by atoms with Crippen molar-refractivity contribution in [3.8, 4) is 16.9 Å². The predicted molar refractivity (Wildman–Crippen MR) is 117 cm³/mol. The fourth-order valence-corrected chi connectivity index (χ4v) is 3.98. The quantitative estimate of drug-likeness (QED) is 0.584. The Morgan fingerprint density at radius 1 is 1.12 bits per heavy atom. The van der Waals surface area contributed by atoms with Crippen molar-refractivity contribution in [3.05, 3.63) is 69.9 Å². The van der Waals surface area contributed by atoms with Gasteiger partial charge in [0.2, 0.25) is 5.78 Å². The van der Waals surface area contributed by atoms with E-state index in [0.29, 0.717) is 22.4 Å². The van der Waals surface area contributed by atoms with Crippen molar-refractivity contribution in [1.29, 1.82) is 0 Å². The maximum Gasteiger partial charge on any atom is 0.265 e. The minimum atomic E-state index is -1.04. The molecule has 9 heteroatoms. The fraction of sp³-hybridized carbons (Fsp3) is 0.174.